The number of hydrogen-bond donors (Lipinski definition) is 2. The van der Waals surface area contributed by atoms with Crippen molar-refractivity contribution in [3.63, 3.8) is 0 Å². The molecule has 2 aromatic rings. The Hall–Kier alpha value is -2.72. The highest BCUT2D eigenvalue weighted by atomic mass is 32.1. The quantitative estimate of drug-likeness (QED) is 0.758. The molecule has 1 saturated heterocycles. The second-order valence-corrected chi connectivity index (χ2v) is 7.47. The second kappa shape index (κ2) is 9.47. The molecule has 1 aromatic heterocycles. The van der Waals surface area contributed by atoms with E-state index < -0.39 is 6.04 Å². The van der Waals surface area contributed by atoms with Crippen molar-refractivity contribution in [1.82, 2.24) is 20.4 Å². The molecule has 0 unspecified atom stereocenters. The van der Waals surface area contributed by atoms with Crippen LogP contribution in [0.15, 0.2) is 30.3 Å². The van der Waals surface area contributed by atoms with Crippen LogP contribution in [0.5, 0.6) is 0 Å². The van der Waals surface area contributed by atoms with Crippen LogP contribution < -0.4 is 15.5 Å². The summed E-state index contributed by atoms with van der Waals surface area (Å²) < 4.78 is 4.98. The van der Waals surface area contributed by atoms with Gasteiger partial charge in [-0.1, -0.05) is 29.5 Å². The summed E-state index contributed by atoms with van der Waals surface area (Å²) in [4.78, 5) is 28.7. The van der Waals surface area contributed by atoms with Crippen molar-refractivity contribution in [2.75, 3.05) is 43.5 Å². The molecular weight excluding hydrogens is 380 g/mol. The van der Waals surface area contributed by atoms with E-state index in [-0.39, 0.29) is 11.9 Å². The van der Waals surface area contributed by atoms with Gasteiger partial charge in [-0.15, -0.1) is 10.2 Å². The summed E-state index contributed by atoms with van der Waals surface area (Å²) in [6, 6.07) is 9.19. The third kappa shape index (κ3) is 5.17. The van der Waals surface area contributed by atoms with Gasteiger partial charge in [-0.25, -0.2) is 4.79 Å². The van der Waals surface area contributed by atoms with Gasteiger partial charge in [0.2, 0.25) is 11.0 Å². The van der Waals surface area contributed by atoms with Crippen molar-refractivity contribution < 1.29 is 14.3 Å². The van der Waals surface area contributed by atoms with E-state index >= 15 is 0 Å². The van der Waals surface area contributed by atoms with Crippen LogP contribution in [0.1, 0.15) is 11.9 Å². The van der Waals surface area contributed by atoms with Crippen LogP contribution >= 0.6 is 11.3 Å². The molecule has 1 aliphatic heterocycles. The Morgan fingerprint density at radius 2 is 1.89 bits per heavy atom. The van der Waals surface area contributed by atoms with E-state index in [0.29, 0.717) is 29.8 Å². The minimum Gasteiger partial charge on any atom is -0.377 e. The fraction of sp³-hybridized carbons (Fsp3) is 0.444. The third-order valence-corrected chi connectivity index (χ3v) is 5.20. The minimum absolute atomic E-state index is 0.243. The monoisotopic (exact) mass is 404 g/mol. The first-order valence-electron chi connectivity index (χ1n) is 9.04. The molecule has 1 aromatic carbocycles. The van der Waals surface area contributed by atoms with Crippen molar-refractivity contribution in [3.05, 3.63) is 35.3 Å². The predicted octanol–water partition coefficient (Wildman–Crippen LogP) is 1.54. The van der Waals surface area contributed by atoms with Gasteiger partial charge in [0.1, 0.15) is 17.7 Å². The number of ether oxygens (including phenoxy) is 1. The number of amides is 3. The standard InChI is InChI=1S/C18H24N6O3S/c1-13(16(25)20-17-22-21-15(28-17)12-27-2)19-18(26)24-10-8-23(9-11-24)14-6-4-3-5-7-14/h3-7,13H,8-12H2,1-2H3,(H,19,26)(H,20,22,25)/t13-/m0/s1. The van der Waals surface area contributed by atoms with Crippen LogP contribution in [-0.2, 0) is 16.1 Å². The molecule has 0 radical (unpaired) electrons. The Labute approximate surface area is 167 Å². The number of carbonyl (C=O) groups is 2. The predicted molar refractivity (Wildman–Crippen MR) is 107 cm³/mol. The number of carbonyl (C=O) groups excluding carboxylic acids is 2. The zero-order valence-electron chi connectivity index (χ0n) is 15.9. The highest BCUT2D eigenvalue weighted by Crippen LogP contribution is 2.17. The number of para-hydroxylation sites is 1. The lowest BCUT2D eigenvalue weighted by Gasteiger charge is -2.36. The molecule has 0 aliphatic carbocycles. The summed E-state index contributed by atoms with van der Waals surface area (Å²) in [6.07, 6.45) is 0. The lowest BCUT2D eigenvalue weighted by molar-refractivity contribution is -0.117. The first-order chi connectivity index (χ1) is 13.6. The Bertz CT molecular complexity index is 792. The molecule has 3 rings (SSSR count). The summed E-state index contributed by atoms with van der Waals surface area (Å²) in [5.41, 5.74) is 1.15. The number of methoxy groups -OCH3 is 1. The molecule has 1 aliphatic rings. The first kappa shape index (κ1) is 20.0. The maximum atomic E-state index is 12.5. The van der Waals surface area contributed by atoms with E-state index in [4.69, 9.17) is 4.74 Å². The van der Waals surface area contributed by atoms with E-state index in [1.54, 1.807) is 18.9 Å². The zero-order chi connectivity index (χ0) is 19.9. The van der Waals surface area contributed by atoms with E-state index in [0.717, 1.165) is 18.8 Å². The van der Waals surface area contributed by atoms with Crippen LogP contribution in [-0.4, -0.2) is 66.4 Å². The van der Waals surface area contributed by atoms with E-state index in [2.05, 4.69) is 37.9 Å². The fourth-order valence-corrected chi connectivity index (χ4v) is 3.56. The van der Waals surface area contributed by atoms with Gasteiger partial charge >= 0.3 is 6.03 Å². The van der Waals surface area contributed by atoms with E-state index in [1.165, 1.54) is 11.3 Å². The van der Waals surface area contributed by atoms with Crippen molar-refractivity contribution in [3.8, 4) is 0 Å². The van der Waals surface area contributed by atoms with Gasteiger partial charge in [-0.2, -0.15) is 0 Å². The number of anilines is 2. The summed E-state index contributed by atoms with van der Waals surface area (Å²) in [5.74, 6) is -0.337. The van der Waals surface area contributed by atoms with Crippen molar-refractivity contribution in [2.24, 2.45) is 0 Å². The molecule has 1 atom stereocenters. The van der Waals surface area contributed by atoms with Crippen LogP contribution in [0.2, 0.25) is 0 Å². The molecule has 2 N–H and O–H groups in total. The fourth-order valence-electron chi connectivity index (χ4n) is 2.85. The Morgan fingerprint density at radius 1 is 1.18 bits per heavy atom. The maximum absolute atomic E-state index is 12.5. The van der Waals surface area contributed by atoms with Gasteiger partial charge < -0.3 is 19.9 Å². The highest BCUT2D eigenvalue weighted by molar-refractivity contribution is 7.15. The maximum Gasteiger partial charge on any atom is 0.318 e. The van der Waals surface area contributed by atoms with Gasteiger partial charge in [0.15, 0.2) is 0 Å². The number of nitrogens with zero attached hydrogens (tertiary/aromatic N) is 4. The molecule has 28 heavy (non-hydrogen) atoms. The SMILES string of the molecule is COCc1nnc(NC(=O)[C@H](C)NC(=O)N2CCN(c3ccccc3)CC2)s1. The van der Waals surface area contributed by atoms with Gasteiger partial charge in [-0.3, -0.25) is 10.1 Å². The molecular formula is C18H24N6O3S. The number of nitrogens with one attached hydrogen (secondary N) is 2. The summed E-state index contributed by atoms with van der Waals surface area (Å²) in [7, 11) is 1.57. The molecule has 0 saturated carbocycles. The van der Waals surface area contributed by atoms with E-state index in [1.807, 2.05) is 18.2 Å². The van der Waals surface area contributed by atoms with Crippen LogP contribution in [0, 0.1) is 0 Å². The average Bonchev–Trinajstić information content (AvgIpc) is 3.16. The van der Waals surface area contributed by atoms with Crippen LogP contribution in [0.25, 0.3) is 0 Å². The first-order valence-corrected chi connectivity index (χ1v) is 9.86. The summed E-state index contributed by atoms with van der Waals surface area (Å²) >= 11 is 1.24. The van der Waals surface area contributed by atoms with E-state index in [9.17, 15) is 9.59 Å². The molecule has 0 spiro atoms. The van der Waals surface area contributed by atoms with Gasteiger partial charge in [0, 0.05) is 39.0 Å². The number of urea groups is 1. The number of hydrogen-bond acceptors (Lipinski definition) is 7. The zero-order valence-corrected chi connectivity index (χ0v) is 16.7. The Balaban J connectivity index is 1.45. The number of rotatable bonds is 6. The van der Waals surface area contributed by atoms with Gasteiger partial charge in [-0.05, 0) is 19.1 Å². The van der Waals surface area contributed by atoms with Crippen LogP contribution in [0.4, 0.5) is 15.6 Å². The topological polar surface area (TPSA) is 99.7 Å². The molecule has 150 valence electrons. The Morgan fingerprint density at radius 3 is 2.57 bits per heavy atom. The second-order valence-electron chi connectivity index (χ2n) is 6.40. The molecule has 3 amide bonds. The number of benzene rings is 1. The summed E-state index contributed by atoms with van der Waals surface area (Å²) in [5, 5.41) is 14.3. The van der Waals surface area contributed by atoms with Crippen molar-refractivity contribution in [1.29, 1.82) is 0 Å². The largest absolute Gasteiger partial charge is 0.377 e. The molecule has 10 heteroatoms. The summed E-state index contributed by atoms with van der Waals surface area (Å²) in [6.45, 7) is 4.70. The van der Waals surface area contributed by atoms with Crippen LogP contribution in [0.3, 0.4) is 0 Å². The Kier molecular flexibility index (Phi) is 6.77. The lowest BCUT2D eigenvalue weighted by atomic mass is 10.2. The van der Waals surface area contributed by atoms with Gasteiger partial charge in [0.25, 0.3) is 0 Å². The molecule has 1 fully saturated rings. The third-order valence-electron chi connectivity index (χ3n) is 4.39. The van der Waals surface area contributed by atoms with Gasteiger partial charge in [0.05, 0.1) is 0 Å². The number of piperazine rings is 1. The van der Waals surface area contributed by atoms with Crippen molar-refractivity contribution >= 4 is 34.1 Å². The number of aromatic nitrogens is 2. The molecule has 2 heterocycles. The lowest BCUT2D eigenvalue weighted by Crippen LogP contribution is -2.54. The minimum atomic E-state index is -0.686. The molecule has 0 bridgehead atoms. The smallest absolute Gasteiger partial charge is 0.318 e. The molecule has 9 nitrogen and oxygen atoms in total. The highest BCUT2D eigenvalue weighted by Gasteiger charge is 2.24. The van der Waals surface area contributed by atoms with Crippen molar-refractivity contribution in [2.45, 2.75) is 19.6 Å². The normalized spacial score (nSPS) is 15.2. The average molecular weight is 404 g/mol.